The molecular formula is C20H19BrN2O3. The Morgan fingerprint density at radius 2 is 1.85 bits per heavy atom. The van der Waals surface area contributed by atoms with Gasteiger partial charge in [-0.25, -0.2) is 0 Å². The Balaban J connectivity index is 1.62. The molecule has 0 saturated heterocycles. The number of benzene rings is 2. The highest BCUT2D eigenvalue weighted by Gasteiger charge is 2.13. The third-order valence-electron chi connectivity index (χ3n) is 3.92. The van der Waals surface area contributed by atoms with E-state index in [9.17, 15) is 9.59 Å². The highest BCUT2D eigenvalue weighted by molar-refractivity contribution is 9.10. The largest absolute Gasteiger partial charge is 0.450 e. The second kappa shape index (κ2) is 7.74. The molecule has 0 fully saturated rings. The molecule has 0 saturated carbocycles. The number of halogens is 1. The van der Waals surface area contributed by atoms with Crippen LogP contribution in [0.5, 0.6) is 0 Å². The van der Waals surface area contributed by atoms with E-state index in [1.165, 1.54) is 0 Å². The van der Waals surface area contributed by atoms with Crippen LogP contribution in [0.25, 0.3) is 11.0 Å². The van der Waals surface area contributed by atoms with E-state index in [1.54, 1.807) is 6.07 Å². The van der Waals surface area contributed by atoms with Gasteiger partial charge in [-0.15, -0.1) is 0 Å². The first kappa shape index (κ1) is 18.2. The van der Waals surface area contributed by atoms with Crippen LogP contribution in [-0.2, 0) is 11.3 Å². The highest BCUT2D eigenvalue weighted by Crippen LogP contribution is 2.26. The molecule has 0 radical (unpaired) electrons. The molecule has 3 aromatic rings. The second-order valence-electron chi connectivity index (χ2n) is 6.29. The first-order chi connectivity index (χ1) is 12.4. The van der Waals surface area contributed by atoms with E-state index in [0.717, 1.165) is 21.1 Å². The van der Waals surface area contributed by atoms with Crippen LogP contribution in [0.3, 0.4) is 0 Å². The molecule has 26 heavy (non-hydrogen) atoms. The van der Waals surface area contributed by atoms with Crippen LogP contribution in [-0.4, -0.2) is 11.8 Å². The van der Waals surface area contributed by atoms with Gasteiger partial charge in [-0.3, -0.25) is 9.59 Å². The van der Waals surface area contributed by atoms with Crippen molar-refractivity contribution in [2.75, 3.05) is 5.32 Å². The van der Waals surface area contributed by atoms with Gasteiger partial charge in [0.05, 0.1) is 4.47 Å². The summed E-state index contributed by atoms with van der Waals surface area (Å²) < 4.78 is 6.44. The standard InChI is InChI=1S/C20H19BrN2O3/c1-12(2)19(24)23-15-8-6-13(7-9-15)11-22-20(25)17-10-14-4-3-5-16(21)18(14)26-17/h3-10,12H,11H2,1-2H3,(H,22,25)(H,23,24). The predicted molar refractivity (Wildman–Crippen MR) is 105 cm³/mol. The molecule has 0 aliphatic carbocycles. The zero-order chi connectivity index (χ0) is 18.7. The average molecular weight is 415 g/mol. The SMILES string of the molecule is CC(C)C(=O)Nc1ccc(CNC(=O)c2cc3cccc(Br)c3o2)cc1. The third-order valence-corrected chi connectivity index (χ3v) is 4.54. The summed E-state index contributed by atoms with van der Waals surface area (Å²) in [5.41, 5.74) is 2.32. The quantitative estimate of drug-likeness (QED) is 0.634. The number of anilines is 1. The molecule has 2 aromatic carbocycles. The van der Waals surface area contributed by atoms with Gasteiger partial charge in [0.1, 0.15) is 5.58 Å². The number of nitrogens with one attached hydrogen (secondary N) is 2. The van der Waals surface area contributed by atoms with Crippen molar-refractivity contribution in [2.24, 2.45) is 5.92 Å². The monoisotopic (exact) mass is 414 g/mol. The Morgan fingerprint density at radius 1 is 1.12 bits per heavy atom. The lowest BCUT2D eigenvalue weighted by atomic mass is 10.1. The van der Waals surface area contributed by atoms with Crippen molar-refractivity contribution in [3.8, 4) is 0 Å². The first-order valence-corrected chi connectivity index (χ1v) is 9.09. The second-order valence-corrected chi connectivity index (χ2v) is 7.15. The molecule has 6 heteroatoms. The predicted octanol–water partition coefficient (Wildman–Crippen LogP) is 4.72. The van der Waals surface area contributed by atoms with Crippen molar-refractivity contribution < 1.29 is 14.0 Å². The molecule has 0 bridgehead atoms. The molecule has 2 N–H and O–H groups in total. The van der Waals surface area contributed by atoms with Gasteiger partial charge in [0.2, 0.25) is 5.91 Å². The Bertz CT molecular complexity index is 945. The van der Waals surface area contributed by atoms with Gasteiger partial charge in [0.15, 0.2) is 5.76 Å². The van der Waals surface area contributed by atoms with Gasteiger partial charge < -0.3 is 15.1 Å². The number of amides is 2. The van der Waals surface area contributed by atoms with Gasteiger partial charge in [-0.05, 0) is 45.8 Å². The van der Waals surface area contributed by atoms with Crippen molar-refractivity contribution in [3.05, 3.63) is 64.3 Å². The minimum atomic E-state index is -0.273. The molecule has 0 aliphatic heterocycles. The van der Waals surface area contributed by atoms with E-state index in [2.05, 4.69) is 26.6 Å². The van der Waals surface area contributed by atoms with E-state index in [-0.39, 0.29) is 23.5 Å². The maximum atomic E-state index is 12.3. The Morgan fingerprint density at radius 3 is 2.50 bits per heavy atom. The third kappa shape index (κ3) is 4.14. The molecule has 0 aliphatic rings. The zero-order valence-corrected chi connectivity index (χ0v) is 16.1. The maximum Gasteiger partial charge on any atom is 0.287 e. The van der Waals surface area contributed by atoms with Crippen LogP contribution in [0.1, 0.15) is 30.0 Å². The summed E-state index contributed by atoms with van der Waals surface area (Å²) in [7, 11) is 0. The van der Waals surface area contributed by atoms with Gasteiger partial charge in [0, 0.05) is 23.5 Å². The van der Waals surface area contributed by atoms with Crippen molar-refractivity contribution in [2.45, 2.75) is 20.4 Å². The zero-order valence-electron chi connectivity index (χ0n) is 14.5. The van der Waals surface area contributed by atoms with Crippen LogP contribution < -0.4 is 10.6 Å². The van der Waals surface area contributed by atoms with Crippen molar-refractivity contribution in [1.82, 2.24) is 5.32 Å². The van der Waals surface area contributed by atoms with Gasteiger partial charge in [-0.1, -0.05) is 38.1 Å². The summed E-state index contributed by atoms with van der Waals surface area (Å²) in [4.78, 5) is 24.0. The molecule has 1 heterocycles. The summed E-state index contributed by atoms with van der Waals surface area (Å²) in [5, 5.41) is 6.54. The topological polar surface area (TPSA) is 71.3 Å². The lowest BCUT2D eigenvalue weighted by Gasteiger charge is -2.09. The number of carbonyl (C=O) groups excluding carboxylic acids is 2. The first-order valence-electron chi connectivity index (χ1n) is 8.30. The van der Waals surface area contributed by atoms with Crippen molar-refractivity contribution in [3.63, 3.8) is 0 Å². The Hall–Kier alpha value is -2.60. The number of fused-ring (bicyclic) bond motifs is 1. The van der Waals surface area contributed by atoms with Gasteiger partial charge >= 0.3 is 0 Å². The van der Waals surface area contributed by atoms with Crippen LogP contribution in [0.4, 0.5) is 5.69 Å². The molecule has 5 nitrogen and oxygen atoms in total. The van der Waals surface area contributed by atoms with Crippen molar-refractivity contribution in [1.29, 1.82) is 0 Å². The number of furan rings is 1. The van der Waals surface area contributed by atoms with Crippen LogP contribution >= 0.6 is 15.9 Å². The van der Waals surface area contributed by atoms with E-state index in [0.29, 0.717) is 12.1 Å². The number of hydrogen-bond acceptors (Lipinski definition) is 3. The van der Waals surface area contributed by atoms with Crippen LogP contribution in [0.15, 0.2) is 57.4 Å². The Kier molecular flexibility index (Phi) is 5.42. The summed E-state index contributed by atoms with van der Waals surface area (Å²) in [5.74, 6) is -0.0992. The minimum absolute atomic E-state index is 0.0258. The normalized spacial score (nSPS) is 10.9. The molecular weight excluding hydrogens is 396 g/mol. The van der Waals surface area contributed by atoms with E-state index < -0.39 is 0 Å². The van der Waals surface area contributed by atoms with E-state index >= 15 is 0 Å². The number of hydrogen-bond donors (Lipinski definition) is 2. The molecule has 2 amide bonds. The fourth-order valence-electron chi connectivity index (χ4n) is 2.40. The molecule has 0 spiro atoms. The number of rotatable bonds is 5. The Labute approximate surface area is 159 Å². The smallest absolute Gasteiger partial charge is 0.287 e. The molecule has 3 rings (SSSR count). The molecule has 0 atom stereocenters. The van der Waals surface area contributed by atoms with Crippen LogP contribution in [0.2, 0.25) is 0 Å². The average Bonchev–Trinajstić information content (AvgIpc) is 3.06. The summed E-state index contributed by atoms with van der Waals surface area (Å²) in [6, 6.07) is 14.7. The minimum Gasteiger partial charge on any atom is -0.450 e. The maximum absolute atomic E-state index is 12.3. The highest BCUT2D eigenvalue weighted by atomic mass is 79.9. The number of carbonyl (C=O) groups is 2. The fraction of sp³-hybridized carbons (Fsp3) is 0.200. The van der Waals surface area contributed by atoms with E-state index in [1.807, 2.05) is 56.3 Å². The summed E-state index contributed by atoms with van der Waals surface area (Å²) in [6.45, 7) is 4.06. The summed E-state index contributed by atoms with van der Waals surface area (Å²) >= 11 is 3.41. The molecule has 134 valence electrons. The number of para-hydroxylation sites is 1. The molecule has 0 unspecified atom stereocenters. The van der Waals surface area contributed by atoms with Gasteiger partial charge in [-0.2, -0.15) is 0 Å². The fourth-order valence-corrected chi connectivity index (χ4v) is 2.86. The van der Waals surface area contributed by atoms with E-state index in [4.69, 9.17) is 4.42 Å². The lowest BCUT2D eigenvalue weighted by molar-refractivity contribution is -0.118. The van der Waals surface area contributed by atoms with Crippen molar-refractivity contribution >= 4 is 44.4 Å². The lowest BCUT2D eigenvalue weighted by Crippen LogP contribution is -2.22. The summed E-state index contributed by atoms with van der Waals surface area (Å²) in [6.07, 6.45) is 0. The molecule has 1 aromatic heterocycles. The van der Waals surface area contributed by atoms with Crippen LogP contribution in [0, 0.1) is 5.92 Å². The van der Waals surface area contributed by atoms with Gasteiger partial charge in [0.25, 0.3) is 5.91 Å².